The number of carbonyl (C=O) groups is 1. The Labute approximate surface area is 191 Å². The molecule has 1 aromatic heterocycles. The van der Waals surface area contributed by atoms with Crippen LogP contribution in [0.25, 0.3) is 22.5 Å². The van der Waals surface area contributed by atoms with Crippen molar-refractivity contribution in [1.29, 1.82) is 0 Å². The summed E-state index contributed by atoms with van der Waals surface area (Å²) in [5.41, 5.74) is 8.41. The molecule has 0 saturated heterocycles. The van der Waals surface area contributed by atoms with E-state index in [0.29, 0.717) is 33.7 Å². The van der Waals surface area contributed by atoms with Crippen molar-refractivity contribution in [3.63, 3.8) is 0 Å². The highest BCUT2D eigenvalue weighted by atomic mass is 35.5. The van der Waals surface area contributed by atoms with Gasteiger partial charge in [-0.15, -0.1) is 0 Å². The minimum atomic E-state index is -0.786. The zero-order valence-electron chi connectivity index (χ0n) is 16.6. The number of amides is 1. The van der Waals surface area contributed by atoms with Gasteiger partial charge in [0.25, 0.3) is 0 Å². The lowest BCUT2D eigenvalue weighted by Crippen LogP contribution is -2.44. The molecule has 0 atom stereocenters. The molecule has 0 spiro atoms. The predicted molar refractivity (Wildman–Crippen MR) is 123 cm³/mol. The van der Waals surface area contributed by atoms with Crippen molar-refractivity contribution in [2.75, 3.05) is 0 Å². The number of halogens is 3. The minimum absolute atomic E-state index is 0.327. The van der Waals surface area contributed by atoms with Crippen molar-refractivity contribution < 1.29 is 4.79 Å². The SMILES string of the molecule is Cn1c(C2(C(N)=O)CCCCC2)nc(-c2ccc(Cl)cc2)c1-c1ccc(Cl)cc1Cl. The summed E-state index contributed by atoms with van der Waals surface area (Å²) < 4.78 is 1.97. The molecule has 1 heterocycles. The van der Waals surface area contributed by atoms with E-state index < -0.39 is 5.41 Å². The third-order valence-corrected chi connectivity index (χ3v) is 6.81. The van der Waals surface area contributed by atoms with Crippen molar-refractivity contribution >= 4 is 40.7 Å². The van der Waals surface area contributed by atoms with Crippen LogP contribution in [-0.2, 0) is 17.3 Å². The Balaban J connectivity index is 2.00. The molecule has 2 aromatic carbocycles. The van der Waals surface area contributed by atoms with Gasteiger partial charge in [-0.1, -0.05) is 66.2 Å². The fourth-order valence-electron chi connectivity index (χ4n) is 4.46. The van der Waals surface area contributed by atoms with Gasteiger partial charge < -0.3 is 10.3 Å². The summed E-state index contributed by atoms with van der Waals surface area (Å²) in [5.74, 6) is 0.354. The van der Waals surface area contributed by atoms with Crippen molar-refractivity contribution in [2.45, 2.75) is 37.5 Å². The molecule has 4 rings (SSSR count). The molecule has 7 heteroatoms. The maximum absolute atomic E-state index is 12.7. The number of rotatable bonds is 4. The molecule has 2 N–H and O–H groups in total. The molecule has 1 aliphatic carbocycles. The van der Waals surface area contributed by atoms with Gasteiger partial charge in [-0.25, -0.2) is 4.98 Å². The highest BCUT2D eigenvalue weighted by Crippen LogP contribution is 2.44. The molecule has 1 amide bonds. The van der Waals surface area contributed by atoms with E-state index in [-0.39, 0.29) is 5.91 Å². The summed E-state index contributed by atoms with van der Waals surface area (Å²) in [6.45, 7) is 0. The Morgan fingerprint density at radius 3 is 2.23 bits per heavy atom. The number of nitrogens with zero attached hydrogens (tertiary/aromatic N) is 2. The second kappa shape index (κ2) is 8.26. The maximum Gasteiger partial charge on any atom is 0.231 e. The fourth-order valence-corrected chi connectivity index (χ4v) is 5.08. The average molecular weight is 463 g/mol. The van der Waals surface area contributed by atoms with Crippen LogP contribution in [0.2, 0.25) is 15.1 Å². The second-order valence-corrected chi connectivity index (χ2v) is 9.11. The summed E-state index contributed by atoms with van der Waals surface area (Å²) in [6, 6.07) is 12.9. The topological polar surface area (TPSA) is 60.9 Å². The van der Waals surface area contributed by atoms with E-state index in [4.69, 9.17) is 45.5 Å². The number of hydrogen-bond acceptors (Lipinski definition) is 2. The molecule has 3 aromatic rings. The Kier molecular flexibility index (Phi) is 5.84. The smallest absolute Gasteiger partial charge is 0.231 e. The van der Waals surface area contributed by atoms with Gasteiger partial charge in [0.15, 0.2) is 0 Å². The molecular formula is C23H22Cl3N3O. The quantitative estimate of drug-likeness (QED) is 0.487. The Morgan fingerprint density at radius 1 is 1.00 bits per heavy atom. The molecule has 4 nitrogen and oxygen atoms in total. The van der Waals surface area contributed by atoms with Gasteiger partial charge in [0, 0.05) is 28.2 Å². The molecule has 0 radical (unpaired) electrons. The zero-order valence-corrected chi connectivity index (χ0v) is 18.9. The van der Waals surface area contributed by atoms with Gasteiger partial charge in [0.05, 0.1) is 16.4 Å². The van der Waals surface area contributed by atoms with Gasteiger partial charge in [0.1, 0.15) is 11.2 Å². The summed E-state index contributed by atoms with van der Waals surface area (Å²) in [7, 11) is 1.92. The van der Waals surface area contributed by atoms with Crippen LogP contribution in [0.15, 0.2) is 42.5 Å². The number of hydrogen-bond donors (Lipinski definition) is 1. The van der Waals surface area contributed by atoms with E-state index >= 15 is 0 Å². The van der Waals surface area contributed by atoms with E-state index in [1.165, 1.54) is 0 Å². The Hall–Kier alpha value is -2.01. The summed E-state index contributed by atoms with van der Waals surface area (Å²) in [4.78, 5) is 17.7. The molecule has 30 heavy (non-hydrogen) atoms. The van der Waals surface area contributed by atoms with E-state index in [0.717, 1.165) is 41.8 Å². The molecule has 1 aliphatic rings. The number of carbonyl (C=O) groups excluding carboxylic acids is 1. The zero-order chi connectivity index (χ0) is 21.5. The first-order chi connectivity index (χ1) is 14.3. The van der Waals surface area contributed by atoms with Gasteiger partial charge in [0.2, 0.25) is 5.91 Å². The van der Waals surface area contributed by atoms with Crippen LogP contribution in [0.4, 0.5) is 0 Å². The van der Waals surface area contributed by atoms with Crippen molar-refractivity contribution in [3.05, 3.63) is 63.4 Å². The van der Waals surface area contributed by atoms with E-state index in [1.807, 2.05) is 41.9 Å². The second-order valence-electron chi connectivity index (χ2n) is 7.83. The normalized spacial score (nSPS) is 15.9. The van der Waals surface area contributed by atoms with Gasteiger partial charge in [-0.2, -0.15) is 0 Å². The van der Waals surface area contributed by atoms with Crippen LogP contribution in [0.1, 0.15) is 37.9 Å². The van der Waals surface area contributed by atoms with Crippen LogP contribution < -0.4 is 5.73 Å². The summed E-state index contributed by atoms with van der Waals surface area (Å²) >= 11 is 18.8. The summed E-state index contributed by atoms with van der Waals surface area (Å²) in [6.07, 6.45) is 4.38. The first-order valence-corrected chi connectivity index (χ1v) is 11.1. The first-order valence-electron chi connectivity index (χ1n) is 9.92. The molecule has 156 valence electrons. The molecule has 0 bridgehead atoms. The van der Waals surface area contributed by atoms with E-state index in [1.54, 1.807) is 12.1 Å². The highest BCUT2D eigenvalue weighted by Gasteiger charge is 2.44. The van der Waals surface area contributed by atoms with Crippen molar-refractivity contribution in [3.8, 4) is 22.5 Å². The predicted octanol–water partition coefficient (Wildman–Crippen LogP) is 6.40. The standard InChI is InChI=1S/C23H22Cl3N3O/c1-29-20(17-10-9-16(25)13-18(17)26)19(14-5-7-15(24)8-6-14)28-22(29)23(21(27)30)11-3-2-4-12-23/h5-10,13H,2-4,11-12H2,1H3,(H2,27,30). The Morgan fingerprint density at radius 2 is 1.63 bits per heavy atom. The molecule has 0 aliphatic heterocycles. The van der Waals surface area contributed by atoms with Crippen molar-refractivity contribution in [1.82, 2.24) is 9.55 Å². The number of nitrogens with two attached hydrogens (primary N) is 1. The van der Waals surface area contributed by atoms with Crippen LogP contribution in [0, 0.1) is 0 Å². The third-order valence-electron chi connectivity index (χ3n) is 6.01. The van der Waals surface area contributed by atoms with Gasteiger partial charge in [-0.05, 0) is 43.2 Å². The number of imidazole rings is 1. The highest BCUT2D eigenvalue weighted by molar-refractivity contribution is 6.36. The number of aromatic nitrogens is 2. The van der Waals surface area contributed by atoms with E-state index in [2.05, 4.69) is 0 Å². The molecular weight excluding hydrogens is 441 g/mol. The maximum atomic E-state index is 12.7. The molecule has 1 saturated carbocycles. The van der Waals surface area contributed by atoms with Crippen LogP contribution >= 0.6 is 34.8 Å². The fraction of sp³-hybridized carbons (Fsp3) is 0.304. The minimum Gasteiger partial charge on any atom is -0.369 e. The monoisotopic (exact) mass is 461 g/mol. The van der Waals surface area contributed by atoms with Crippen molar-refractivity contribution in [2.24, 2.45) is 12.8 Å². The van der Waals surface area contributed by atoms with Gasteiger partial charge in [-0.3, -0.25) is 4.79 Å². The number of benzene rings is 2. The van der Waals surface area contributed by atoms with Crippen LogP contribution in [0.5, 0.6) is 0 Å². The molecule has 0 unspecified atom stereocenters. The van der Waals surface area contributed by atoms with Gasteiger partial charge >= 0.3 is 0 Å². The third kappa shape index (κ3) is 3.62. The lowest BCUT2D eigenvalue weighted by Gasteiger charge is -2.33. The molecule has 1 fully saturated rings. The Bertz CT molecular complexity index is 1100. The average Bonchev–Trinajstić information content (AvgIpc) is 3.06. The lowest BCUT2D eigenvalue weighted by molar-refractivity contribution is -0.125. The van der Waals surface area contributed by atoms with Crippen LogP contribution in [0.3, 0.4) is 0 Å². The largest absolute Gasteiger partial charge is 0.369 e. The van der Waals surface area contributed by atoms with Crippen LogP contribution in [-0.4, -0.2) is 15.5 Å². The van der Waals surface area contributed by atoms with E-state index in [9.17, 15) is 4.79 Å². The first kappa shape index (κ1) is 21.2. The summed E-state index contributed by atoms with van der Waals surface area (Å²) in [5, 5.41) is 1.71. The lowest BCUT2D eigenvalue weighted by atomic mass is 9.72. The number of primary amides is 1.